The van der Waals surface area contributed by atoms with Crippen molar-refractivity contribution in [2.24, 2.45) is 11.8 Å². The van der Waals surface area contributed by atoms with Gasteiger partial charge in [0.15, 0.2) is 12.2 Å². The molecule has 4 N–H and O–H groups in total. The van der Waals surface area contributed by atoms with Crippen LogP contribution in [0.3, 0.4) is 0 Å². The predicted octanol–water partition coefficient (Wildman–Crippen LogP) is -2.80. The number of aliphatic carboxylic acids is 1. The van der Waals surface area contributed by atoms with Crippen LogP contribution in [0.25, 0.3) is 0 Å². The van der Waals surface area contributed by atoms with Gasteiger partial charge in [-0.25, -0.2) is 4.79 Å². The molecule has 0 aromatic rings. The molecule has 3 saturated heterocycles. The van der Waals surface area contributed by atoms with E-state index in [1.807, 2.05) is 0 Å². The van der Waals surface area contributed by atoms with E-state index in [-0.39, 0.29) is 24.4 Å². The molecule has 10 nitrogen and oxygen atoms in total. The van der Waals surface area contributed by atoms with Crippen LogP contribution >= 0.6 is 0 Å². The lowest BCUT2D eigenvalue weighted by molar-refractivity contribution is -0.157. The molecule has 3 heterocycles. The standard InChI is InChI=1S/C15H22BN3O7/c20-10(5-18-8-1-2-17-4-8)19-6-7-3-9(7)13(19)16-25-12(15(24)26-16)11(21)14(22)23/h7-9,11-13,17-18,21H,1-6H2,(H,22,23)/t7?,8-,9?,11?,12?,13+/m1/s1. The number of aliphatic hydroxyl groups excluding tert-OH is 1. The molecule has 11 heteroatoms. The minimum absolute atomic E-state index is 0.0871. The summed E-state index contributed by atoms with van der Waals surface area (Å²) in [5.41, 5.74) is 0. The number of carbonyl (C=O) groups excluding carboxylic acids is 2. The highest BCUT2D eigenvalue weighted by Crippen LogP contribution is 2.51. The van der Waals surface area contributed by atoms with Crippen molar-refractivity contribution in [3.8, 4) is 0 Å². The highest BCUT2D eigenvalue weighted by atomic mass is 16.7. The van der Waals surface area contributed by atoms with Gasteiger partial charge < -0.3 is 35.1 Å². The molecule has 0 aromatic heterocycles. The van der Waals surface area contributed by atoms with E-state index in [2.05, 4.69) is 10.6 Å². The van der Waals surface area contributed by atoms with Crippen molar-refractivity contribution < 1.29 is 33.9 Å². The van der Waals surface area contributed by atoms with E-state index in [1.54, 1.807) is 4.90 Å². The number of hydrogen-bond donors (Lipinski definition) is 4. The van der Waals surface area contributed by atoms with Crippen LogP contribution in [0.5, 0.6) is 0 Å². The molecule has 0 radical (unpaired) electrons. The first-order chi connectivity index (χ1) is 12.5. The second-order valence-electron chi connectivity index (χ2n) is 7.41. The average Bonchev–Trinajstić information content (AvgIpc) is 2.99. The molecular formula is C15H22BN3O7. The summed E-state index contributed by atoms with van der Waals surface area (Å²) in [6.45, 7) is 2.55. The van der Waals surface area contributed by atoms with Gasteiger partial charge in [-0.1, -0.05) is 0 Å². The van der Waals surface area contributed by atoms with E-state index >= 15 is 0 Å². The van der Waals surface area contributed by atoms with Crippen LogP contribution in [0, 0.1) is 11.8 Å². The minimum atomic E-state index is -1.98. The first-order valence-corrected chi connectivity index (χ1v) is 8.96. The van der Waals surface area contributed by atoms with Gasteiger partial charge in [0.25, 0.3) is 0 Å². The maximum Gasteiger partial charge on any atom is 0.552 e. The summed E-state index contributed by atoms with van der Waals surface area (Å²) in [6, 6.07) is 0.269. The van der Waals surface area contributed by atoms with Gasteiger partial charge in [-0.05, 0) is 31.2 Å². The van der Waals surface area contributed by atoms with Gasteiger partial charge in [0.05, 0.1) is 12.5 Å². The highest BCUT2D eigenvalue weighted by Gasteiger charge is 2.63. The van der Waals surface area contributed by atoms with Gasteiger partial charge in [-0.3, -0.25) is 9.59 Å². The first kappa shape index (κ1) is 17.7. The van der Waals surface area contributed by atoms with Crippen LogP contribution in [0.1, 0.15) is 12.8 Å². The monoisotopic (exact) mass is 367 g/mol. The van der Waals surface area contributed by atoms with Crippen molar-refractivity contribution in [3.63, 3.8) is 0 Å². The van der Waals surface area contributed by atoms with Crippen LogP contribution < -0.4 is 10.6 Å². The molecule has 142 valence electrons. The summed E-state index contributed by atoms with van der Waals surface area (Å²) in [6.07, 6.45) is -1.64. The zero-order valence-electron chi connectivity index (χ0n) is 14.2. The molecule has 0 aromatic carbocycles. The summed E-state index contributed by atoms with van der Waals surface area (Å²) in [5, 5.41) is 24.9. The van der Waals surface area contributed by atoms with Crippen molar-refractivity contribution in [1.29, 1.82) is 0 Å². The van der Waals surface area contributed by atoms with Gasteiger partial charge in [0.2, 0.25) is 5.91 Å². The Morgan fingerprint density at radius 2 is 2.27 bits per heavy atom. The summed E-state index contributed by atoms with van der Waals surface area (Å²) in [4.78, 5) is 37.1. The summed E-state index contributed by atoms with van der Waals surface area (Å²) in [5.74, 6) is -2.42. The third-order valence-electron chi connectivity index (χ3n) is 5.69. The molecule has 4 aliphatic rings. The van der Waals surface area contributed by atoms with E-state index in [9.17, 15) is 19.5 Å². The normalized spacial score (nSPS) is 36.8. The molecule has 1 aliphatic carbocycles. The van der Waals surface area contributed by atoms with Crippen LogP contribution in [-0.2, 0) is 23.7 Å². The Kier molecular flexibility index (Phi) is 4.63. The number of rotatable bonds is 6. The SMILES string of the molecule is O=C(O)C(O)C1OB([C@@H]2C3CC3CN2C(=O)CN[C@@H]2CCNC2)OC1=O. The van der Waals surface area contributed by atoms with Crippen LogP contribution in [0.15, 0.2) is 0 Å². The average molecular weight is 367 g/mol. The fraction of sp³-hybridized carbons (Fsp3) is 0.800. The molecule has 3 aliphatic heterocycles. The molecule has 0 spiro atoms. The molecule has 1 saturated carbocycles. The fourth-order valence-electron chi connectivity index (χ4n) is 4.18. The van der Waals surface area contributed by atoms with Gasteiger partial charge in [-0.15, -0.1) is 0 Å². The molecule has 4 fully saturated rings. The summed E-state index contributed by atoms with van der Waals surface area (Å²) >= 11 is 0. The smallest absolute Gasteiger partial charge is 0.506 e. The summed E-state index contributed by atoms with van der Waals surface area (Å²) in [7, 11) is -1.03. The topological polar surface area (TPSA) is 137 Å². The van der Waals surface area contributed by atoms with Crippen molar-refractivity contribution in [2.45, 2.75) is 37.0 Å². The Hall–Kier alpha value is -1.69. The maximum atomic E-state index is 12.6. The molecular weight excluding hydrogens is 345 g/mol. The maximum absolute atomic E-state index is 12.6. The van der Waals surface area contributed by atoms with E-state index < -0.39 is 37.2 Å². The number of nitrogens with zero attached hydrogens (tertiary/aromatic N) is 1. The van der Waals surface area contributed by atoms with E-state index in [1.165, 1.54) is 0 Å². The second-order valence-corrected chi connectivity index (χ2v) is 7.41. The number of nitrogens with one attached hydrogen (secondary N) is 2. The number of fused-ring (bicyclic) bond motifs is 1. The number of amides is 1. The highest BCUT2D eigenvalue weighted by molar-refractivity contribution is 6.51. The molecule has 26 heavy (non-hydrogen) atoms. The number of carbonyl (C=O) groups is 3. The van der Waals surface area contributed by atoms with Crippen molar-refractivity contribution in [3.05, 3.63) is 0 Å². The van der Waals surface area contributed by atoms with Gasteiger partial charge in [-0.2, -0.15) is 0 Å². The third-order valence-corrected chi connectivity index (χ3v) is 5.69. The number of hydrogen-bond acceptors (Lipinski definition) is 8. The molecule has 1 amide bonds. The minimum Gasteiger partial charge on any atom is -0.506 e. The van der Waals surface area contributed by atoms with Crippen molar-refractivity contribution >= 4 is 25.0 Å². The Morgan fingerprint density at radius 1 is 1.46 bits per heavy atom. The van der Waals surface area contributed by atoms with Crippen LogP contribution in [0.4, 0.5) is 0 Å². The molecule has 4 unspecified atom stereocenters. The lowest BCUT2D eigenvalue weighted by Crippen LogP contribution is -2.52. The quantitative estimate of drug-likeness (QED) is 0.367. The second kappa shape index (κ2) is 6.80. The van der Waals surface area contributed by atoms with Gasteiger partial charge in [0, 0.05) is 19.1 Å². The molecule has 4 rings (SSSR count). The Labute approximate surface area is 150 Å². The van der Waals surface area contributed by atoms with E-state index in [4.69, 9.17) is 14.4 Å². The molecule has 6 atom stereocenters. The third kappa shape index (κ3) is 3.20. The van der Waals surface area contributed by atoms with Crippen molar-refractivity contribution in [1.82, 2.24) is 15.5 Å². The number of piperidine rings is 1. The number of carboxylic acid groups (broad SMARTS) is 1. The Morgan fingerprint density at radius 3 is 2.96 bits per heavy atom. The van der Waals surface area contributed by atoms with E-state index in [0.717, 1.165) is 25.9 Å². The van der Waals surface area contributed by atoms with Crippen LogP contribution in [0.2, 0.25) is 0 Å². The summed E-state index contributed by atoms with van der Waals surface area (Å²) < 4.78 is 10.6. The Bertz CT molecular complexity index is 614. The lowest BCUT2D eigenvalue weighted by atomic mass is 9.75. The first-order valence-electron chi connectivity index (χ1n) is 8.96. The Balaban J connectivity index is 1.39. The fourth-order valence-corrected chi connectivity index (χ4v) is 4.18. The van der Waals surface area contributed by atoms with Gasteiger partial charge in [0.1, 0.15) is 0 Å². The van der Waals surface area contributed by atoms with Gasteiger partial charge >= 0.3 is 19.1 Å². The number of aliphatic hydroxyl groups is 1. The number of likely N-dealkylation sites (tertiary alicyclic amines) is 1. The number of carboxylic acids is 1. The van der Waals surface area contributed by atoms with Crippen LogP contribution in [-0.4, -0.2) is 90.4 Å². The largest absolute Gasteiger partial charge is 0.552 e. The zero-order valence-corrected chi connectivity index (χ0v) is 14.2. The predicted molar refractivity (Wildman–Crippen MR) is 86.7 cm³/mol. The van der Waals surface area contributed by atoms with Crippen molar-refractivity contribution in [2.75, 3.05) is 26.2 Å². The zero-order chi connectivity index (χ0) is 18.4. The molecule has 0 bridgehead atoms. The lowest BCUT2D eigenvalue weighted by Gasteiger charge is -2.28. The van der Waals surface area contributed by atoms with E-state index in [0.29, 0.717) is 12.5 Å².